The first-order valence-corrected chi connectivity index (χ1v) is 6.47. The Labute approximate surface area is 107 Å². The van der Waals surface area contributed by atoms with E-state index in [0.717, 1.165) is 12.8 Å². The zero-order valence-corrected chi connectivity index (χ0v) is 10.8. The number of carbonyl (C=O) groups excluding carboxylic acids is 1. The average molecular weight is 253 g/mol. The second-order valence-electron chi connectivity index (χ2n) is 5.21. The van der Waals surface area contributed by atoms with Gasteiger partial charge in [0.25, 0.3) is 0 Å². The van der Waals surface area contributed by atoms with Crippen molar-refractivity contribution in [1.29, 1.82) is 5.26 Å². The Morgan fingerprint density at radius 2 is 2.06 bits per heavy atom. The predicted octanol–water partition coefficient (Wildman–Crippen LogP) is 2.26. The number of rotatable bonds is 4. The Balaban J connectivity index is 1.84. The van der Waals surface area contributed by atoms with Gasteiger partial charge in [-0.1, -0.05) is 0 Å². The molecule has 2 fully saturated rings. The zero-order valence-electron chi connectivity index (χ0n) is 10.8. The van der Waals surface area contributed by atoms with Crippen molar-refractivity contribution in [2.75, 3.05) is 6.61 Å². The summed E-state index contributed by atoms with van der Waals surface area (Å²) in [5.74, 6) is 0.337. The van der Waals surface area contributed by atoms with Gasteiger partial charge in [0.1, 0.15) is 6.61 Å². The van der Waals surface area contributed by atoms with Crippen molar-refractivity contribution in [3.63, 3.8) is 0 Å². The molecule has 2 aliphatic rings. The van der Waals surface area contributed by atoms with E-state index < -0.39 is 6.16 Å². The molecule has 2 heterocycles. The van der Waals surface area contributed by atoms with Gasteiger partial charge in [-0.3, -0.25) is 0 Å². The molecule has 0 aromatic rings. The Bertz CT molecular complexity index is 349. The van der Waals surface area contributed by atoms with E-state index >= 15 is 0 Å². The Morgan fingerprint density at radius 3 is 2.67 bits per heavy atom. The highest BCUT2D eigenvalue weighted by Gasteiger charge is 2.49. The van der Waals surface area contributed by atoms with Gasteiger partial charge in [-0.2, -0.15) is 5.26 Å². The Morgan fingerprint density at radius 1 is 1.39 bits per heavy atom. The fraction of sp³-hybridized carbons (Fsp3) is 0.846. The molecule has 2 rings (SSSR count). The van der Waals surface area contributed by atoms with Crippen LogP contribution in [0.25, 0.3) is 0 Å². The number of hydrogen-bond acceptors (Lipinski definition) is 5. The van der Waals surface area contributed by atoms with E-state index in [-0.39, 0.29) is 30.1 Å². The normalized spacial score (nSPS) is 33.4. The lowest BCUT2D eigenvalue weighted by atomic mass is 9.78. The van der Waals surface area contributed by atoms with E-state index in [9.17, 15) is 4.79 Å². The SMILES string of the molecule is CC(C)OC(=O)OC[C@H]1[C@@H](CC#N)[C@H]2CC[C@@H]1O2. The molecule has 5 heteroatoms. The van der Waals surface area contributed by atoms with Gasteiger partial charge in [-0.05, 0) is 26.7 Å². The molecule has 0 aromatic carbocycles. The first-order chi connectivity index (χ1) is 8.61. The minimum Gasteiger partial charge on any atom is -0.434 e. The van der Waals surface area contributed by atoms with Crippen molar-refractivity contribution in [2.24, 2.45) is 11.8 Å². The highest BCUT2D eigenvalue weighted by atomic mass is 16.7. The molecule has 0 aromatic heterocycles. The Kier molecular flexibility index (Phi) is 4.07. The summed E-state index contributed by atoms with van der Waals surface area (Å²) >= 11 is 0. The second-order valence-corrected chi connectivity index (χ2v) is 5.21. The first-order valence-electron chi connectivity index (χ1n) is 6.47. The van der Waals surface area contributed by atoms with E-state index in [1.54, 1.807) is 13.8 Å². The minimum atomic E-state index is -0.636. The number of nitrogens with zero attached hydrogens (tertiary/aromatic N) is 1. The summed E-state index contributed by atoms with van der Waals surface area (Å²) in [5, 5.41) is 8.83. The summed E-state index contributed by atoms with van der Waals surface area (Å²) in [4.78, 5) is 11.3. The smallest absolute Gasteiger partial charge is 0.434 e. The van der Waals surface area contributed by atoms with Crippen LogP contribution in [0, 0.1) is 23.2 Å². The van der Waals surface area contributed by atoms with Crippen LogP contribution in [0.4, 0.5) is 4.79 Å². The van der Waals surface area contributed by atoms with Crippen molar-refractivity contribution >= 4 is 6.16 Å². The van der Waals surface area contributed by atoms with Gasteiger partial charge in [-0.25, -0.2) is 4.79 Å². The van der Waals surface area contributed by atoms with Crippen LogP contribution in [0.2, 0.25) is 0 Å². The summed E-state index contributed by atoms with van der Waals surface area (Å²) in [5.41, 5.74) is 0. The third-order valence-electron chi connectivity index (χ3n) is 3.64. The summed E-state index contributed by atoms with van der Waals surface area (Å²) < 4.78 is 15.8. The largest absolute Gasteiger partial charge is 0.508 e. The van der Waals surface area contributed by atoms with Crippen LogP contribution in [-0.4, -0.2) is 31.1 Å². The summed E-state index contributed by atoms with van der Waals surface area (Å²) in [6.45, 7) is 3.85. The minimum absolute atomic E-state index is 0.139. The average Bonchev–Trinajstić information content (AvgIpc) is 2.87. The molecule has 18 heavy (non-hydrogen) atoms. The molecule has 5 nitrogen and oxygen atoms in total. The standard InChI is InChI=1S/C13H19NO4/c1-8(2)17-13(15)16-7-10-9(5-6-14)11-3-4-12(10)18-11/h8-12H,3-5,7H2,1-2H3/t9-,10+,11-,12+/m1/s1. The summed E-state index contributed by atoms with van der Waals surface area (Å²) in [6.07, 6.45) is 1.98. The van der Waals surface area contributed by atoms with Crippen LogP contribution in [-0.2, 0) is 14.2 Å². The van der Waals surface area contributed by atoms with Gasteiger partial charge in [0.2, 0.25) is 0 Å². The molecule has 4 atom stereocenters. The van der Waals surface area contributed by atoms with E-state index in [1.807, 2.05) is 0 Å². The van der Waals surface area contributed by atoms with Crippen LogP contribution >= 0.6 is 0 Å². The lowest BCUT2D eigenvalue weighted by Crippen LogP contribution is -2.31. The Hall–Kier alpha value is -1.28. The number of ether oxygens (including phenoxy) is 3. The third-order valence-corrected chi connectivity index (χ3v) is 3.64. The lowest BCUT2D eigenvalue weighted by Gasteiger charge is -2.25. The molecular weight excluding hydrogens is 234 g/mol. The molecule has 2 bridgehead atoms. The van der Waals surface area contributed by atoms with Crippen LogP contribution in [0.15, 0.2) is 0 Å². The van der Waals surface area contributed by atoms with Gasteiger partial charge in [0, 0.05) is 18.3 Å². The monoisotopic (exact) mass is 253 g/mol. The summed E-state index contributed by atoms with van der Waals surface area (Å²) in [6, 6.07) is 2.19. The highest BCUT2D eigenvalue weighted by molar-refractivity contribution is 5.60. The van der Waals surface area contributed by atoms with Crippen molar-refractivity contribution in [3.8, 4) is 6.07 Å². The van der Waals surface area contributed by atoms with E-state index in [4.69, 9.17) is 19.5 Å². The second kappa shape index (κ2) is 5.57. The third kappa shape index (κ3) is 2.75. The number of nitriles is 1. The topological polar surface area (TPSA) is 68.5 Å². The highest BCUT2D eigenvalue weighted by Crippen LogP contribution is 2.44. The van der Waals surface area contributed by atoms with E-state index in [1.165, 1.54) is 0 Å². The van der Waals surface area contributed by atoms with Crippen LogP contribution in [0.5, 0.6) is 0 Å². The van der Waals surface area contributed by atoms with Crippen LogP contribution in [0.1, 0.15) is 33.1 Å². The van der Waals surface area contributed by atoms with E-state index in [2.05, 4.69) is 6.07 Å². The van der Waals surface area contributed by atoms with Gasteiger partial charge in [-0.15, -0.1) is 0 Å². The fourth-order valence-corrected chi connectivity index (χ4v) is 2.88. The molecule has 0 N–H and O–H groups in total. The molecule has 0 radical (unpaired) electrons. The number of carbonyl (C=O) groups is 1. The molecular formula is C13H19NO4. The van der Waals surface area contributed by atoms with Crippen molar-refractivity contribution in [3.05, 3.63) is 0 Å². The molecule has 0 spiro atoms. The number of fused-ring (bicyclic) bond motifs is 2. The first kappa shape index (κ1) is 13.2. The van der Waals surface area contributed by atoms with Crippen molar-refractivity contribution in [1.82, 2.24) is 0 Å². The predicted molar refractivity (Wildman–Crippen MR) is 62.7 cm³/mol. The summed E-state index contributed by atoms with van der Waals surface area (Å²) in [7, 11) is 0. The molecule has 2 aliphatic heterocycles. The fourth-order valence-electron chi connectivity index (χ4n) is 2.88. The number of hydrogen-bond donors (Lipinski definition) is 0. The molecule has 2 saturated heterocycles. The van der Waals surface area contributed by atoms with Gasteiger partial charge >= 0.3 is 6.16 Å². The van der Waals surface area contributed by atoms with E-state index in [0.29, 0.717) is 13.0 Å². The molecule has 0 saturated carbocycles. The van der Waals surface area contributed by atoms with Crippen molar-refractivity contribution in [2.45, 2.75) is 51.4 Å². The molecule has 0 aliphatic carbocycles. The van der Waals surface area contributed by atoms with Crippen molar-refractivity contribution < 1.29 is 19.0 Å². The lowest BCUT2D eigenvalue weighted by molar-refractivity contribution is 0.0131. The van der Waals surface area contributed by atoms with Gasteiger partial charge < -0.3 is 14.2 Å². The van der Waals surface area contributed by atoms with Gasteiger partial charge in [0.15, 0.2) is 0 Å². The van der Waals surface area contributed by atoms with Gasteiger partial charge in [0.05, 0.1) is 24.4 Å². The maximum Gasteiger partial charge on any atom is 0.508 e. The maximum atomic E-state index is 11.3. The maximum absolute atomic E-state index is 11.3. The van der Waals surface area contributed by atoms with Crippen LogP contribution in [0.3, 0.4) is 0 Å². The zero-order chi connectivity index (χ0) is 13.1. The van der Waals surface area contributed by atoms with Crippen LogP contribution < -0.4 is 0 Å². The quantitative estimate of drug-likeness (QED) is 0.719. The molecule has 0 amide bonds. The molecule has 0 unspecified atom stereocenters. The molecule has 100 valence electrons.